The van der Waals surface area contributed by atoms with Gasteiger partial charge in [-0.3, -0.25) is 4.79 Å². The molecule has 0 unspecified atom stereocenters. The van der Waals surface area contributed by atoms with Crippen LogP contribution in [0.1, 0.15) is 16.1 Å². The molecule has 5 aromatic rings. The lowest BCUT2D eigenvalue weighted by Crippen LogP contribution is -2.20. The number of imidazole rings is 1. The molecule has 170 valence electrons. The molecule has 0 aliphatic heterocycles. The van der Waals surface area contributed by atoms with Gasteiger partial charge in [-0.1, -0.05) is 35.9 Å². The van der Waals surface area contributed by atoms with Gasteiger partial charge in [0, 0.05) is 11.3 Å². The van der Waals surface area contributed by atoms with Gasteiger partial charge in [-0.25, -0.2) is 9.67 Å². The molecule has 5 rings (SSSR count). The van der Waals surface area contributed by atoms with E-state index in [4.69, 9.17) is 11.6 Å². The van der Waals surface area contributed by atoms with Crippen molar-refractivity contribution in [3.63, 3.8) is 0 Å². The maximum Gasteiger partial charge on any atom is 0.434 e. The molecule has 2 aromatic heterocycles. The van der Waals surface area contributed by atoms with Crippen LogP contribution in [0, 0.1) is 0 Å². The van der Waals surface area contributed by atoms with Crippen LogP contribution in [0.5, 0.6) is 0 Å². The summed E-state index contributed by atoms with van der Waals surface area (Å²) in [5.41, 5.74) is 0.965. The van der Waals surface area contributed by atoms with Crippen molar-refractivity contribution in [3.05, 3.63) is 95.3 Å². The number of nitrogens with zero attached hydrogens (tertiary/aromatic N) is 3. The highest BCUT2D eigenvalue weighted by Crippen LogP contribution is 2.35. The van der Waals surface area contributed by atoms with Crippen LogP contribution in [-0.2, 0) is 6.18 Å². The second-order valence-corrected chi connectivity index (χ2v) is 7.81. The summed E-state index contributed by atoms with van der Waals surface area (Å²) in [6, 6.07) is 20.1. The largest absolute Gasteiger partial charge is 0.434 e. The summed E-state index contributed by atoms with van der Waals surface area (Å²) in [6.07, 6.45) is -3.96. The van der Waals surface area contributed by atoms with Gasteiger partial charge in [0.05, 0.1) is 33.5 Å². The number of carbonyl (C=O) groups is 1. The smallest absolute Gasteiger partial charge is 0.338 e. The SMILES string of the molecule is O=C(Nc1ccc(-c2nc3ccccc3[nH]2)cc1)c1cnn(-c2ccccc2Cl)c1C(F)(F)F. The predicted molar refractivity (Wildman–Crippen MR) is 123 cm³/mol. The maximum atomic E-state index is 13.9. The molecule has 0 radical (unpaired) electrons. The molecule has 0 bridgehead atoms. The fraction of sp³-hybridized carbons (Fsp3) is 0.0417. The third-order valence-electron chi connectivity index (χ3n) is 5.17. The first-order valence-electron chi connectivity index (χ1n) is 10.1. The average Bonchev–Trinajstić information content (AvgIpc) is 3.45. The summed E-state index contributed by atoms with van der Waals surface area (Å²) in [6.45, 7) is 0. The standard InChI is InChI=1S/C24H15ClF3N5O/c25-17-5-1-4-8-20(17)33-21(24(26,27)28)16(13-29-33)23(34)30-15-11-9-14(10-12-15)22-31-18-6-2-3-7-19(18)32-22/h1-13H,(H,30,34)(H,31,32). The molecule has 0 aliphatic rings. The second kappa shape index (κ2) is 8.35. The lowest BCUT2D eigenvalue weighted by atomic mass is 10.1. The van der Waals surface area contributed by atoms with E-state index >= 15 is 0 Å². The van der Waals surface area contributed by atoms with E-state index in [1.807, 2.05) is 24.3 Å². The van der Waals surface area contributed by atoms with Crippen molar-refractivity contribution in [2.45, 2.75) is 6.18 Å². The number of rotatable bonds is 4. The summed E-state index contributed by atoms with van der Waals surface area (Å²) in [4.78, 5) is 20.5. The van der Waals surface area contributed by atoms with E-state index in [0.29, 0.717) is 16.2 Å². The van der Waals surface area contributed by atoms with Gasteiger partial charge in [-0.05, 0) is 48.5 Å². The first kappa shape index (κ1) is 21.7. The van der Waals surface area contributed by atoms with Gasteiger partial charge in [0.15, 0.2) is 5.69 Å². The zero-order valence-electron chi connectivity index (χ0n) is 17.3. The third-order valence-corrected chi connectivity index (χ3v) is 5.49. The Hall–Kier alpha value is -4.11. The van der Waals surface area contributed by atoms with Crippen LogP contribution in [0.2, 0.25) is 5.02 Å². The van der Waals surface area contributed by atoms with Crippen LogP contribution in [0.15, 0.2) is 79.0 Å². The molecular formula is C24H15ClF3N5O. The first-order valence-corrected chi connectivity index (χ1v) is 10.5. The fourth-order valence-electron chi connectivity index (χ4n) is 3.59. The Morgan fingerprint density at radius 1 is 0.971 bits per heavy atom. The Labute approximate surface area is 196 Å². The van der Waals surface area contributed by atoms with Crippen molar-refractivity contribution in [1.29, 1.82) is 0 Å². The van der Waals surface area contributed by atoms with Gasteiger partial charge < -0.3 is 10.3 Å². The topological polar surface area (TPSA) is 75.6 Å². The maximum absolute atomic E-state index is 13.9. The zero-order chi connectivity index (χ0) is 23.9. The molecule has 0 fully saturated rings. The molecular weight excluding hydrogens is 467 g/mol. The number of alkyl halides is 3. The number of aromatic nitrogens is 4. The van der Waals surface area contributed by atoms with E-state index in [2.05, 4.69) is 20.4 Å². The molecule has 0 atom stereocenters. The number of anilines is 1. The number of halogens is 4. The lowest BCUT2D eigenvalue weighted by molar-refractivity contribution is -0.143. The van der Waals surface area contributed by atoms with Crippen LogP contribution in [0.3, 0.4) is 0 Å². The molecule has 0 saturated carbocycles. The molecule has 3 aromatic carbocycles. The van der Waals surface area contributed by atoms with Gasteiger partial charge in [0.25, 0.3) is 5.91 Å². The van der Waals surface area contributed by atoms with Crippen LogP contribution in [-0.4, -0.2) is 25.7 Å². The average molecular weight is 482 g/mol. The number of benzene rings is 3. The highest BCUT2D eigenvalue weighted by Gasteiger charge is 2.41. The Balaban J connectivity index is 1.43. The van der Waals surface area contributed by atoms with Crippen molar-refractivity contribution < 1.29 is 18.0 Å². The minimum absolute atomic E-state index is 0.0192. The van der Waals surface area contributed by atoms with Gasteiger partial charge in [-0.2, -0.15) is 18.3 Å². The molecule has 0 spiro atoms. The Morgan fingerprint density at radius 2 is 1.68 bits per heavy atom. The third kappa shape index (κ3) is 4.01. The van der Waals surface area contributed by atoms with Crippen molar-refractivity contribution in [2.24, 2.45) is 0 Å². The van der Waals surface area contributed by atoms with E-state index in [1.54, 1.807) is 30.3 Å². The van der Waals surface area contributed by atoms with Crippen LogP contribution in [0.25, 0.3) is 28.1 Å². The number of hydrogen-bond donors (Lipinski definition) is 2. The molecule has 34 heavy (non-hydrogen) atoms. The normalized spacial score (nSPS) is 11.6. The number of amides is 1. The molecule has 1 amide bonds. The molecule has 2 heterocycles. The van der Waals surface area contributed by atoms with Gasteiger partial charge in [0.2, 0.25) is 0 Å². The number of para-hydroxylation sites is 3. The summed E-state index contributed by atoms with van der Waals surface area (Å²) < 4.78 is 42.3. The monoisotopic (exact) mass is 481 g/mol. The Morgan fingerprint density at radius 3 is 2.38 bits per heavy atom. The summed E-state index contributed by atoms with van der Waals surface area (Å²) in [7, 11) is 0. The highest BCUT2D eigenvalue weighted by molar-refractivity contribution is 6.32. The highest BCUT2D eigenvalue weighted by atomic mass is 35.5. The van der Waals surface area contributed by atoms with E-state index in [1.165, 1.54) is 18.2 Å². The number of hydrogen-bond acceptors (Lipinski definition) is 3. The number of fused-ring (bicyclic) bond motifs is 1. The molecule has 10 heteroatoms. The fourth-order valence-corrected chi connectivity index (χ4v) is 3.81. The van der Waals surface area contributed by atoms with Gasteiger partial charge in [-0.15, -0.1) is 0 Å². The van der Waals surface area contributed by atoms with E-state index in [-0.39, 0.29) is 10.7 Å². The van der Waals surface area contributed by atoms with E-state index < -0.39 is 23.3 Å². The Bertz CT molecular complexity index is 1470. The van der Waals surface area contributed by atoms with Crippen molar-refractivity contribution >= 4 is 34.2 Å². The van der Waals surface area contributed by atoms with Crippen LogP contribution < -0.4 is 5.32 Å². The molecule has 6 nitrogen and oxygen atoms in total. The van der Waals surface area contributed by atoms with E-state index in [9.17, 15) is 18.0 Å². The zero-order valence-corrected chi connectivity index (χ0v) is 18.0. The van der Waals surface area contributed by atoms with E-state index in [0.717, 1.165) is 22.8 Å². The minimum atomic E-state index is -4.84. The number of H-pyrrole nitrogens is 1. The quantitative estimate of drug-likeness (QED) is 0.314. The lowest BCUT2D eigenvalue weighted by Gasteiger charge is -2.13. The number of aromatic amines is 1. The molecule has 2 N–H and O–H groups in total. The number of nitrogens with one attached hydrogen (secondary N) is 2. The predicted octanol–water partition coefficient (Wildman–Crippen LogP) is 6.34. The first-order chi connectivity index (χ1) is 16.3. The summed E-state index contributed by atoms with van der Waals surface area (Å²) in [5.74, 6) is -0.304. The van der Waals surface area contributed by atoms with Gasteiger partial charge in [0.1, 0.15) is 5.82 Å². The van der Waals surface area contributed by atoms with Crippen LogP contribution >= 0.6 is 11.6 Å². The summed E-state index contributed by atoms with van der Waals surface area (Å²) >= 11 is 6.05. The van der Waals surface area contributed by atoms with Crippen molar-refractivity contribution in [3.8, 4) is 17.1 Å². The molecule has 0 aliphatic carbocycles. The Kier molecular flexibility index (Phi) is 5.33. The van der Waals surface area contributed by atoms with Gasteiger partial charge >= 0.3 is 6.18 Å². The minimum Gasteiger partial charge on any atom is -0.338 e. The summed E-state index contributed by atoms with van der Waals surface area (Å²) in [5, 5.41) is 6.36. The van der Waals surface area contributed by atoms with Crippen LogP contribution in [0.4, 0.5) is 18.9 Å². The van der Waals surface area contributed by atoms with Crippen molar-refractivity contribution in [2.75, 3.05) is 5.32 Å². The number of carbonyl (C=O) groups excluding carboxylic acids is 1. The second-order valence-electron chi connectivity index (χ2n) is 7.40. The molecule has 0 saturated heterocycles. The van der Waals surface area contributed by atoms with Crippen molar-refractivity contribution in [1.82, 2.24) is 19.7 Å².